The maximum absolute atomic E-state index is 12.8. The SMILES string of the molecule is Cc1ccc(CNC2CCN(c3nc(N(C)C)c4ccccc4n3)C2)c(OC(F)(F)F)c1. The maximum atomic E-state index is 12.8. The van der Waals surface area contributed by atoms with Gasteiger partial charge in [0.05, 0.1) is 5.52 Å². The molecule has 0 saturated carbocycles. The lowest BCUT2D eigenvalue weighted by molar-refractivity contribution is -0.274. The van der Waals surface area contributed by atoms with E-state index >= 15 is 0 Å². The van der Waals surface area contributed by atoms with Crippen molar-refractivity contribution in [3.8, 4) is 5.75 Å². The topological polar surface area (TPSA) is 53.5 Å². The first-order chi connectivity index (χ1) is 15.2. The van der Waals surface area contributed by atoms with Crippen molar-refractivity contribution in [2.45, 2.75) is 32.3 Å². The predicted octanol–water partition coefficient (Wildman–Crippen LogP) is 4.27. The van der Waals surface area contributed by atoms with Crippen LogP contribution in [0.1, 0.15) is 17.5 Å². The summed E-state index contributed by atoms with van der Waals surface area (Å²) in [7, 11) is 3.91. The highest BCUT2D eigenvalue weighted by Gasteiger charge is 2.32. The summed E-state index contributed by atoms with van der Waals surface area (Å²) in [6.07, 6.45) is -3.88. The lowest BCUT2D eigenvalue weighted by atomic mass is 10.1. The number of rotatable bonds is 6. The summed E-state index contributed by atoms with van der Waals surface area (Å²) in [6.45, 7) is 3.46. The number of halogens is 3. The van der Waals surface area contributed by atoms with E-state index < -0.39 is 6.36 Å². The zero-order valence-electron chi connectivity index (χ0n) is 18.3. The van der Waals surface area contributed by atoms with Crippen molar-refractivity contribution in [2.75, 3.05) is 37.0 Å². The van der Waals surface area contributed by atoms with Crippen LogP contribution in [0.2, 0.25) is 0 Å². The molecule has 1 atom stereocenters. The highest BCUT2D eigenvalue weighted by atomic mass is 19.4. The summed E-state index contributed by atoms with van der Waals surface area (Å²) in [5.41, 5.74) is 2.07. The van der Waals surface area contributed by atoms with E-state index in [0.717, 1.165) is 29.7 Å². The number of anilines is 2. The molecule has 6 nitrogen and oxygen atoms in total. The van der Waals surface area contributed by atoms with E-state index in [2.05, 4.69) is 15.0 Å². The second-order valence-electron chi connectivity index (χ2n) is 8.23. The van der Waals surface area contributed by atoms with Crippen molar-refractivity contribution >= 4 is 22.7 Å². The monoisotopic (exact) mass is 445 g/mol. The molecule has 1 N–H and O–H groups in total. The molecule has 0 amide bonds. The van der Waals surface area contributed by atoms with E-state index in [1.807, 2.05) is 43.3 Å². The Balaban J connectivity index is 1.46. The fourth-order valence-electron chi connectivity index (χ4n) is 3.92. The van der Waals surface area contributed by atoms with Gasteiger partial charge in [0.2, 0.25) is 5.95 Å². The Hall–Kier alpha value is -3.07. The molecular weight excluding hydrogens is 419 g/mol. The number of nitrogens with one attached hydrogen (secondary N) is 1. The third-order valence-corrected chi connectivity index (χ3v) is 5.50. The molecule has 170 valence electrons. The van der Waals surface area contributed by atoms with Crippen molar-refractivity contribution in [1.29, 1.82) is 0 Å². The predicted molar refractivity (Wildman–Crippen MR) is 119 cm³/mol. The highest BCUT2D eigenvalue weighted by molar-refractivity contribution is 5.90. The van der Waals surface area contributed by atoms with E-state index in [1.54, 1.807) is 19.1 Å². The van der Waals surface area contributed by atoms with Gasteiger partial charge in [0.25, 0.3) is 0 Å². The molecule has 1 aliphatic rings. The Morgan fingerprint density at radius 1 is 1.16 bits per heavy atom. The first kappa shape index (κ1) is 22.1. The largest absolute Gasteiger partial charge is 0.573 e. The highest BCUT2D eigenvalue weighted by Crippen LogP contribution is 2.29. The van der Waals surface area contributed by atoms with Crippen LogP contribution in [-0.4, -0.2) is 49.6 Å². The van der Waals surface area contributed by atoms with Gasteiger partial charge in [-0.15, -0.1) is 13.2 Å². The number of benzene rings is 2. The third kappa shape index (κ3) is 5.04. The average molecular weight is 445 g/mol. The van der Waals surface area contributed by atoms with Gasteiger partial charge < -0.3 is 19.9 Å². The number of para-hydroxylation sites is 1. The van der Waals surface area contributed by atoms with Crippen LogP contribution in [0.25, 0.3) is 10.9 Å². The van der Waals surface area contributed by atoms with Crippen molar-refractivity contribution in [3.63, 3.8) is 0 Å². The molecule has 2 heterocycles. The van der Waals surface area contributed by atoms with E-state index in [9.17, 15) is 13.2 Å². The maximum Gasteiger partial charge on any atom is 0.573 e. The lowest BCUT2D eigenvalue weighted by Crippen LogP contribution is -2.33. The van der Waals surface area contributed by atoms with Gasteiger partial charge in [0.15, 0.2) is 0 Å². The Morgan fingerprint density at radius 2 is 1.94 bits per heavy atom. The number of hydrogen-bond acceptors (Lipinski definition) is 6. The zero-order valence-corrected chi connectivity index (χ0v) is 18.3. The summed E-state index contributed by atoms with van der Waals surface area (Å²) >= 11 is 0. The molecule has 4 rings (SSSR count). The molecule has 1 unspecified atom stereocenters. The van der Waals surface area contributed by atoms with E-state index in [0.29, 0.717) is 23.6 Å². The molecule has 0 spiro atoms. The smallest absolute Gasteiger partial charge is 0.405 e. The molecular formula is C23H26F3N5O. The van der Waals surface area contributed by atoms with Gasteiger partial charge in [-0.3, -0.25) is 0 Å². The van der Waals surface area contributed by atoms with Gasteiger partial charge in [-0.25, -0.2) is 4.98 Å². The normalized spacial score (nSPS) is 16.6. The van der Waals surface area contributed by atoms with Crippen molar-refractivity contribution in [3.05, 3.63) is 53.6 Å². The van der Waals surface area contributed by atoms with Crippen LogP contribution >= 0.6 is 0 Å². The summed E-state index contributed by atoms with van der Waals surface area (Å²) < 4.78 is 42.5. The zero-order chi connectivity index (χ0) is 22.9. The van der Waals surface area contributed by atoms with Gasteiger partial charge in [0.1, 0.15) is 11.6 Å². The molecule has 0 bridgehead atoms. The summed E-state index contributed by atoms with van der Waals surface area (Å²) in [4.78, 5) is 13.6. The molecule has 1 fully saturated rings. The number of fused-ring (bicyclic) bond motifs is 1. The first-order valence-corrected chi connectivity index (χ1v) is 10.5. The van der Waals surface area contributed by atoms with Crippen molar-refractivity contribution in [1.82, 2.24) is 15.3 Å². The first-order valence-electron chi connectivity index (χ1n) is 10.5. The molecule has 1 aromatic heterocycles. The number of ether oxygens (including phenoxy) is 1. The molecule has 2 aromatic carbocycles. The van der Waals surface area contributed by atoms with Crippen LogP contribution in [0.4, 0.5) is 24.9 Å². The van der Waals surface area contributed by atoms with Crippen molar-refractivity contribution < 1.29 is 17.9 Å². The van der Waals surface area contributed by atoms with Gasteiger partial charge in [-0.2, -0.15) is 4.98 Å². The second-order valence-corrected chi connectivity index (χ2v) is 8.23. The van der Waals surface area contributed by atoms with Crippen LogP contribution in [0.15, 0.2) is 42.5 Å². The van der Waals surface area contributed by atoms with Gasteiger partial charge in [-0.05, 0) is 37.1 Å². The van der Waals surface area contributed by atoms with E-state index in [1.165, 1.54) is 6.07 Å². The molecule has 9 heteroatoms. The van der Waals surface area contributed by atoms with Gasteiger partial charge in [-0.1, -0.05) is 24.3 Å². The van der Waals surface area contributed by atoms with E-state index in [4.69, 9.17) is 9.97 Å². The fourth-order valence-corrected chi connectivity index (χ4v) is 3.92. The number of nitrogens with zero attached hydrogens (tertiary/aromatic N) is 4. The summed E-state index contributed by atoms with van der Waals surface area (Å²) in [6, 6.07) is 12.9. The molecule has 1 saturated heterocycles. The molecule has 3 aromatic rings. The minimum atomic E-state index is -4.72. The number of aryl methyl sites for hydroxylation is 1. The summed E-state index contributed by atoms with van der Waals surface area (Å²) in [5.74, 6) is 1.36. The molecule has 0 radical (unpaired) electrons. The van der Waals surface area contributed by atoms with Crippen LogP contribution in [-0.2, 0) is 6.54 Å². The quantitative estimate of drug-likeness (QED) is 0.612. The number of alkyl halides is 3. The average Bonchev–Trinajstić information content (AvgIpc) is 3.20. The Bertz CT molecular complexity index is 1100. The Labute approximate surface area is 185 Å². The third-order valence-electron chi connectivity index (χ3n) is 5.50. The van der Waals surface area contributed by atoms with E-state index in [-0.39, 0.29) is 18.3 Å². The van der Waals surface area contributed by atoms with Crippen LogP contribution in [0.3, 0.4) is 0 Å². The minimum absolute atomic E-state index is 0.105. The van der Waals surface area contributed by atoms with Crippen molar-refractivity contribution in [2.24, 2.45) is 0 Å². The molecule has 0 aliphatic carbocycles. The minimum Gasteiger partial charge on any atom is -0.405 e. The second kappa shape index (κ2) is 8.82. The Kier molecular flexibility index (Phi) is 6.10. The number of hydrogen-bond donors (Lipinski definition) is 1. The fraction of sp³-hybridized carbons (Fsp3) is 0.391. The van der Waals surface area contributed by atoms with Crippen LogP contribution in [0, 0.1) is 6.92 Å². The standard InChI is InChI=1S/C23H26F3N5O/c1-15-8-9-16(20(12-15)32-23(24,25)26)13-27-17-10-11-31(14-17)22-28-19-7-5-4-6-18(19)21(29-22)30(2)3/h4-9,12,17,27H,10-11,13-14H2,1-3H3. The molecule has 32 heavy (non-hydrogen) atoms. The molecule has 1 aliphatic heterocycles. The number of aromatic nitrogens is 2. The summed E-state index contributed by atoms with van der Waals surface area (Å²) in [5, 5.41) is 4.36. The van der Waals surface area contributed by atoms with Crippen LogP contribution in [0.5, 0.6) is 5.75 Å². The van der Waals surface area contributed by atoms with Gasteiger partial charge >= 0.3 is 6.36 Å². The Morgan fingerprint density at radius 3 is 2.69 bits per heavy atom. The lowest BCUT2D eigenvalue weighted by Gasteiger charge is -2.21. The van der Waals surface area contributed by atoms with Gasteiger partial charge in [0, 0.05) is 50.7 Å². The van der Waals surface area contributed by atoms with Crippen LogP contribution < -0.4 is 19.9 Å².